The van der Waals surface area contributed by atoms with E-state index >= 15 is 0 Å². The van der Waals surface area contributed by atoms with Gasteiger partial charge in [-0.2, -0.15) is 4.31 Å². The van der Waals surface area contributed by atoms with E-state index in [9.17, 15) is 13.2 Å². The quantitative estimate of drug-likeness (QED) is 0.464. The van der Waals surface area contributed by atoms with Crippen molar-refractivity contribution in [2.75, 3.05) is 39.5 Å². The minimum Gasteiger partial charge on any atom is -0.491 e. The van der Waals surface area contributed by atoms with Crippen LogP contribution in [0.25, 0.3) is 0 Å². The Bertz CT molecular complexity index is 849. The van der Waals surface area contributed by atoms with Gasteiger partial charge in [-0.25, -0.2) is 13.2 Å². The Morgan fingerprint density at radius 1 is 1.18 bits per heavy atom. The molecule has 33 heavy (non-hydrogen) atoms. The topological polar surface area (TPSA) is 85.4 Å². The van der Waals surface area contributed by atoms with Crippen LogP contribution in [0.15, 0.2) is 29.2 Å². The summed E-state index contributed by atoms with van der Waals surface area (Å²) in [6.45, 7) is 14.2. The first kappa shape index (κ1) is 27.4. The van der Waals surface area contributed by atoms with Crippen LogP contribution in [0, 0.1) is 5.92 Å². The predicted octanol–water partition coefficient (Wildman–Crippen LogP) is 4.15. The first-order valence-corrected chi connectivity index (χ1v) is 13.2. The van der Waals surface area contributed by atoms with Crippen molar-refractivity contribution in [1.29, 1.82) is 0 Å². The number of ether oxygens (including phenoxy) is 3. The van der Waals surface area contributed by atoms with Gasteiger partial charge >= 0.3 is 6.09 Å². The maximum atomic E-state index is 13.2. The largest absolute Gasteiger partial charge is 0.491 e. The second-order valence-electron chi connectivity index (χ2n) is 9.61. The van der Waals surface area contributed by atoms with Gasteiger partial charge in [0.2, 0.25) is 10.0 Å². The van der Waals surface area contributed by atoms with Crippen molar-refractivity contribution in [2.24, 2.45) is 5.92 Å². The number of amides is 1. The molecular weight excluding hydrogens is 444 g/mol. The van der Waals surface area contributed by atoms with Crippen LogP contribution in [0.4, 0.5) is 4.79 Å². The molecule has 1 amide bonds. The molecule has 9 heteroatoms. The number of piperidine rings is 1. The molecule has 2 rings (SSSR count). The van der Waals surface area contributed by atoms with Crippen molar-refractivity contribution in [2.45, 2.75) is 70.9 Å². The number of carbonyl (C=O) groups excluding carboxylic acids is 1. The molecule has 0 spiro atoms. The molecule has 1 saturated heterocycles. The summed E-state index contributed by atoms with van der Waals surface area (Å²) in [5, 5.41) is 0. The molecule has 0 N–H and O–H groups in total. The Labute approximate surface area is 199 Å². The third-order valence-electron chi connectivity index (χ3n) is 5.35. The molecule has 1 atom stereocenters. The number of hydrogen-bond donors (Lipinski definition) is 0. The average Bonchev–Trinajstić information content (AvgIpc) is 2.74. The Balaban J connectivity index is 2.03. The van der Waals surface area contributed by atoms with Crippen molar-refractivity contribution < 1.29 is 27.4 Å². The molecule has 1 fully saturated rings. The molecular formula is C24H40N2O6S. The zero-order valence-electron chi connectivity index (χ0n) is 20.9. The Kier molecular flexibility index (Phi) is 10.00. The molecule has 0 radical (unpaired) electrons. The van der Waals surface area contributed by atoms with Crippen molar-refractivity contribution in [3.8, 4) is 5.75 Å². The van der Waals surface area contributed by atoms with E-state index in [0.29, 0.717) is 45.2 Å². The molecule has 1 heterocycles. The maximum Gasteiger partial charge on any atom is 0.410 e. The summed E-state index contributed by atoms with van der Waals surface area (Å²) >= 11 is 0. The lowest BCUT2D eigenvalue weighted by Gasteiger charge is -2.37. The highest BCUT2D eigenvalue weighted by Gasteiger charge is 2.33. The number of rotatable bonds is 10. The third-order valence-corrected chi connectivity index (χ3v) is 7.23. The van der Waals surface area contributed by atoms with E-state index in [2.05, 4.69) is 0 Å². The maximum absolute atomic E-state index is 13.2. The van der Waals surface area contributed by atoms with Gasteiger partial charge in [0.15, 0.2) is 0 Å². The fourth-order valence-electron chi connectivity index (χ4n) is 3.71. The van der Waals surface area contributed by atoms with Crippen LogP contribution in [0.3, 0.4) is 0 Å². The number of hydrogen-bond acceptors (Lipinski definition) is 6. The predicted molar refractivity (Wildman–Crippen MR) is 128 cm³/mol. The zero-order chi connectivity index (χ0) is 24.6. The first-order valence-electron chi connectivity index (χ1n) is 11.7. The Morgan fingerprint density at radius 3 is 2.42 bits per heavy atom. The number of sulfonamides is 1. The summed E-state index contributed by atoms with van der Waals surface area (Å²) in [5.41, 5.74) is -0.578. The molecule has 0 bridgehead atoms. The molecule has 0 aromatic heterocycles. The smallest absolute Gasteiger partial charge is 0.410 e. The molecule has 0 saturated carbocycles. The molecule has 8 nitrogen and oxygen atoms in total. The number of benzene rings is 1. The van der Waals surface area contributed by atoms with E-state index in [1.54, 1.807) is 29.2 Å². The zero-order valence-corrected chi connectivity index (χ0v) is 21.7. The molecule has 0 aliphatic carbocycles. The Hall–Kier alpha value is -1.84. The molecule has 1 aliphatic rings. The average molecular weight is 485 g/mol. The molecule has 1 aliphatic heterocycles. The lowest BCUT2D eigenvalue weighted by atomic mass is 9.98. The Morgan fingerprint density at radius 2 is 1.85 bits per heavy atom. The van der Waals surface area contributed by atoms with E-state index in [0.717, 1.165) is 12.8 Å². The fourth-order valence-corrected chi connectivity index (χ4v) is 5.26. The standard InChI is InChI=1S/C24H40N2O6S/c1-7-30-15-16-31-21-10-12-22(13-11-21)33(28,29)25-14-8-9-20(17-25)18-26(19(2)3)23(27)32-24(4,5)6/h10-13,19-20H,7-9,14-18H2,1-6H3. The van der Waals surface area contributed by atoms with Crippen LogP contribution < -0.4 is 4.74 Å². The summed E-state index contributed by atoms with van der Waals surface area (Å²) in [6, 6.07) is 6.46. The van der Waals surface area contributed by atoms with Crippen LogP contribution in [-0.4, -0.2) is 74.8 Å². The van der Waals surface area contributed by atoms with Gasteiger partial charge in [-0.15, -0.1) is 0 Å². The SMILES string of the molecule is CCOCCOc1ccc(S(=O)(=O)N2CCCC(CN(C(=O)OC(C)(C)C)C(C)C)C2)cc1. The molecule has 1 unspecified atom stereocenters. The third kappa shape index (κ3) is 8.46. The van der Waals surface area contributed by atoms with Crippen LogP contribution in [0.5, 0.6) is 5.75 Å². The van der Waals surface area contributed by atoms with Crippen molar-refractivity contribution in [3.05, 3.63) is 24.3 Å². The van der Waals surface area contributed by atoms with E-state index in [1.165, 1.54) is 4.31 Å². The van der Waals surface area contributed by atoms with Crippen LogP contribution >= 0.6 is 0 Å². The van der Waals surface area contributed by atoms with E-state index in [-0.39, 0.29) is 22.9 Å². The number of nitrogens with zero attached hydrogens (tertiary/aromatic N) is 2. The first-order chi connectivity index (χ1) is 15.4. The highest BCUT2D eigenvalue weighted by Crippen LogP contribution is 2.26. The highest BCUT2D eigenvalue weighted by atomic mass is 32.2. The van der Waals surface area contributed by atoms with Gasteiger partial charge in [-0.05, 0) is 84.6 Å². The van der Waals surface area contributed by atoms with Gasteiger partial charge in [-0.1, -0.05) is 0 Å². The highest BCUT2D eigenvalue weighted by molar-refractivity contribution is 7.89. The van der Waals surface area contributed by atoms with Gasteiger partial charge < -0.3 is 19.1 Å². The summed E-state index contributed by atoms with van der Waals surface area (Å²) in [7, 11) is -3.63. The van der Waals surface area contributed by atoms with Gasteiger partial charge in [0.25, 0.3) is 0 Å². The lowest BCUT2D eigenvalue weighted by Crippen LogP contribution is -2.48. The van der Waals surface area contributed by atoms with Crippen LogP contribution in [0.2, 0.25) is 0 Å². The van der Waals surface area contributed by atoms with E-state index in [1.807, 2.05) is 41.5 Å². The molecule has 1 aromatic rings. The number of carbonyl (C=O) groups is 1. The second-order valence-corrected chi connectivity index (χ2v) is 11.6. The van der Waals surface area contributed by atoms with Gasteiger partial charge in [-0.3, -0.25) is 0 Å². The van der Waals surface area contributed by atoms with Crippen molar-refractivity contribution in [3.63, 3.8) is 0 Å². The van der Waals surface area contributed by atoms with Crippen LogP contribution in [0.1, 0.15) is 54.4 Å². The minimum atomic E-state index is -3.63. The summed E-state index contributed by atoms with van der Waals surface area (Å²) in [5.74, 6) is 0.653. The van der Waals surface area contributed by atoms with E-state index in [4.69, 9.17) is 14.2 Å². The lowest BCUT2D eigenvalue weighted by molar-refractivity contribution is 0.0137. The van der Waals surface area contributed by atoms with Crippen molar-refractivity contribution in [1.82, 2.24) is 9.21 Å². The summed E-state index contributed by atoms with van der Waals surface area (Å²) in [6.07, 6.45) is 1.25. The fraction of sp³-hybridized carbons (Fsp3) is 0.708. The molecule has 1 aromatic carbocycles. The monoisotopic (exact) mass is 484 g/mol. The van der Waals surface area contributed by atoms with Crippen LogP contribution in [-0.2, 0) is 19.5 Å². The van der Waals surface area contributed by atoms with E-state index < -0.39 is 15.6 Å². The molecule has 188 valence electrons. The summed E-state index contributed by atoms with van der Waals surface area (Å²) in [4.78, 5) is 14.6. The summed E-state index contributed by atoms with van der Waals surface area (Å²) < 4.78 is 44.4. The van der Waals surface area contributed by atoms with Gasteiger partial charge in [0.05, 0.1) is 11.5 Å². The second kappa shape index (κ2) is 12.0. The van der Waals surface area contributed by atoms with Crippen molar-refractivity contribution >= 4 is 16.1 Å². The minimum absolute atomic E-state index is 0.0397. The van der Waals surface area contributed by atoms with Gasteiger partial charge in [0, 0.05) is 32.3 Å². The van der Waals surface area contributed by atoms with Gasteiger partial charge in [0.1, 0.15) is 18.0 Å². The normalized spacial score (nSPS) is 17.7.